The van der Waals surface area contributed by atoms with E-state index in [9.17, 15) is 4.79 Å². The van der Waals surface area contributed by atoms with Crippen LogP contribution in [0.2, 0.25) is 0 Å². The number of hydrogen-bond acceptors (Lipinski definition) is 7. The molecule has 3 N–H and O–H groups in total. The summed E-state index contributed by atoms with van der Waals surface area (Å²) in [5.74, 6) is 5.29. The van der Waals surface area contributed by atoms with Gasteiger partial charge in [-0.15, -0.1) is 5.10 Å². The van der Waals surface area contributed by atoms with Crippen LogP contribution in [0.5, 0.6) is 0 Å². The molecule has 0 aromatic carbocycles. The summed E-state index contributed by atoms with van der Waals surface area (Å²) in [7, 11) is 1.77. The van der Waals surface area contributed by atoms with E-state index in [1.807, 2.05) is 5.43 Å². The summed E-state index contributed by atoms with van der Waals surface area (Å²) < 4.78 is 1.58. The van der Waals surface area contributed by atoms with Gasteiger partial charge in [0.15, 0.2) is 0 Å². The molecule has 0 radical (unpaired) electrons. The van der Waals surface area contributed by atoms with E-state index >= 15 is 0 Å². The molecule has 1 amide bonds. The molecule has 0 spiro atoms. The third kappa shape index (κ3) is 2.81. The Morgan fingerprint density at radius 2 is 2.39 bits per heavy atom. The first-order chi connectivity index (χ1) is 8.70. The number of pyridine rings is 1. The standard InChI is InChI=1S/C9H11N7OS/c1-16-9(13-14-15-16)18-5-7-3-2-6(4-11-7)8(17)12-10/h2-4H,5,10H2,1H3,(H,12,17). The molecule has 0 aliphatic rings. The van der Waals surface area contributed by atoms with E-state index in [-0.39, 0.29) is 5.91 Å². The molecule has 2 aromatic rings. The number of rotatable bonds is 4. The topological polar surface area (TPSA) is 112 Å². The number of carbonyl (C=O) groups excluding carboxylic acids is 1. The highest BCUT2D eigenvalue weighted by Crippen LogP contribution is 2.17. The third-order valence-corrected chi connectivity index (χ3v) is 3.19. The first kappa shape index (κ1) is 12.5. The lowest BCUT2D eigenvalue weighted by Crippen LogP contribution is -2.30. The Morgan fingerprint density at radius 1 is 1.56 bits per heavy atom. The van der Waals surface area contributed by atoms with Crippen molar-refractivity contribution in [3.8, 4) is 0 Å². The van der Waals surface area contributed by atoms with Gasteiger partial charge in [-0.3, -0.25) is 15.2 Å². The molecular weight excluding hydrogens is 254 g/mol. The number of amides is 1. The fourth-order valence-electron chi connectivity index (χ4n) is 1.21. The first-order valence-corrected chi connectivity index (χ1v) is 6.00. The molecule has 9 heteroatoms. The second-order valence-corrected chi connectivity index (χ2v) is 4.33. The van der Waals surface area contributed by atoms with E-state index in [0.717, 1.165) is 5.69 Å². The van der Waals surface area contributed by atoms with Crippen molar-refractivity contribution in [2.24, 2.45) is 12.9 Å². The van der Waals surface area contributed by atoms with E-state index < -0.39 is 0 Å². The maximum Gasteiger partial charge on any atom is 0.266 e. The SMILES string of the molecule is Cn1nnnc1SCc1ccc(C(=O)NN)cn1. The number of nitrogen functional groups attached to an aromatic ring is 1. The van der Waals surface area contributed by atoms with Crippen LogP contribution in [0.4, 0.5) is 0 Å². The van der Waals surface area contributed by atoms with Gasteiger partial charge in [0.2, 0.25) is 5.16 Å². The van der Waals surface area contributed by atoms with Crippen molar-refractivity contribution in [2.45, 2.75) is 10.9 Å². The molecule has 0 atom stereocenters. The highest BCUT2D eigenvalue weighted by molar-refractivity contribution is 7.98. The molecule has 2 rings (SSSR count). The van der Waals surface area contributed by atoms with Gasteiger partial charge >= 0.3 is 0 Å². The van der Waals surface area contributed by atoms with Crippen LogP contribution in [0.25, 0.3) is 0 Å². The first-order valence-electron chi connectivity index (χ1n) is 5.01. The molecule has 0 unspecified atom stereocenters. The second-order valence-electron chi connectivity index (χ2n) is 3.39. The summed E-state index contributed by atoms with van der Waals surface area (Å²) in [6, 6.07) is 3.43. The quantitative estimate of drug-likeness (QED) is 0.332. The van der Waals surface area contributed by atoms with Gasteiger partial charge < -0.3 is 0 Å². The summed E-state index contributed by atoms with van der Waals surface area (Å²) in [5, 5.41) is 11.8. The summed E-state index contributed by atoms with van der Waals surface area (Å²) >= 11 is 1.47. The Bertz CT molecular complexity index is 538. The molecule has 2 aromatic heterocycles. The van der Waals surface area contributed by atoms with Gasteiger partial charge in [0, 0.05) is 19.0 Å². The van der Waals surface area contributed by atoms with Gasteiger partial charge in [0.25, 0.3) is 5.91 Å². The largest absolute Gasteiger partial charge is 0.290 e. The predicted octanol–water partition coefficient (Wildman–Crippen LogP) is -0.499. The molecule has 94 valence electrons. The minimum absolute atomic E-state index is 0.362. The van der Waals surface area contributed by atoms with Gasteiger partial charge in [-0.25, -0.2) is 10.5 Å². The van der Waals surface area contributed by atoms with Crippen molar-refractivity contribution in [2.75, 3.05) is 0 Å². The van der Waals surface area contributed by atoms with Crippen molar-refractivity contribution in [3.05, 3.63) is 29.6 Å². The van der Waals surface area contributed by atoms with Crippen molar-refractivity contribution in [1.29, 1.82) is 0 Å². The number of aromatic nitrogens is 5. The molecule has 0 aliphatic heterocycles. The maximum atomic E-state index is 11.2. The Balaban J connectivity index is 1.98. The predicted molar refractivity (Wildman–Crippen MR) is 64.2 cm³/mol. The van der Waals surface area contributed by atoms with Gasteiger partial charge in [-0.1, -0.05) is 11.8 Å². The lowest BCUT2D eigenvalue weighted by atomic mass is 10.2. The van der Waals surface area contributed by atoms with E-state index in [2.05, 4.69) is 20.5 Å². The van der Waals surface area contributed by atoms with Crippen LogP contribution in [0, 0.1) is 0 Å². The monoisotopic (exact) mass is 265 g/mol. The molecule has 0 fully saturated rings. The summed E-state index contributed by atoms with van der Waals surface area (Å²) in [6.07, 6.45) is 1.48. The molecule has 8 nitrogen and oxygen atoms in total. The van der Waals surface area contributed by atoms with E-state index in [1.54, 1.807) is 23.9 Å². The molecule has 0 saturated carbocycles. The van der Waals surface area contributed by atoms with Crippen LogP contribution in [-0.4, -0.2) is 31.1 Å². The summed E-state index contributed by atoms with van der Waals surface area (Å²) in [5.41, 5.74) is 3.30. The lowest BCUT2D eigenvalue weighted by molar-refractivity contribution is 0.0953. The smallest absolute Gasteiger partial charge is 0.266 e. The second kappa shape index (κ2) is 5.56. The zero-order valence-electron chi connectivity index (χ0n) is 9.57. The fraction of sp³-hybridized carbons (Fsp3) is 0.222. The zero-order chi connectivity index (χ0) is 13.0. The van der Waals surface area contributed by atoms with E-state index in [0.29, 0.717) is 16.5 Å². The number of nitrogens with one attached hydrogen (secondary N) is 1. The molecule has 2 heterocycles. The van der Waals surface area contributed by atoms with Crippen LogP contribution in [0.3, 0.4) is 0 Å². The molecule has 18 heavy (non-hydrogen) atoms. The Hall–Kier alpha value is -2.00. The summed E-state index contributed by atoms with van der Waals surface area (Å²) in [4.78, 5) is 15.4. The van der Waals surface area contributed by atoms with Gasteiger partial charge in [-0.2, -0.15) is 0 Å². The number of aryl methyl sites for hydroxylation is 1. The maximum absolute atomic E-state index is 11.2. The number of carbonyl (C=O) groups is 1. The average Bonchev–Trinajstić information content (AvgIpc) is 2.81. The minimum Gasteiger partial charge on any atom is -0.290 e. The molecular formula is C9H11N7OS. The van der Waals surface area contributed by atoms with Crippen molar-refractivity contribution in [1.82, 2.24) is 30.6 Å². The molecule has 0 aliphatic carbocycles. The lowest BCUT2D eigenvalue weighted by Gasteiger charge is -2.01. The molecule has 0 saturated heterocycles. The number of nitrogens with two attached hydrogens (primary N) is 1. The van der Waals surface area contributed by atoms with Gasteiger partial charge in [-0.05, 0) is 22.6 Å². The average molecular weight is 265 g/mol. The normalized spacial score (nSPS) is 10.3. The Labute approximate surface area is 107 Å². The van der Waals surface area contributed by atoms with Gasteiger partial charge in [0.05, 0.1) is 11.3 Å². The minimum atomic E-state index is -0.362. The number of hydrogen-bond donors (Lipinski definition) is 2. The van der Waals surface area contributed by atoms with Crippen LogP contribution in [0.1, 0.15) is 16.1 Å². The molecule has 0 bridgehead atoms. The Kier molecular flexibility index (Phi) is 3.85. The van der Waals surface area contributed by atoms with Crippen LogP contribution in [-0.2, 0) is 12.8 Å². The van der Waals surface area contributed by atoms with Crippen LogP contribution in [0.15, 0.2) is 23.5 Å². The number of hydrazine groups is 1. The van der Waals surface area contributed by atoms with Crippen molar-refractivity contribution >= 4 is 17.7 Å². The zero-order valence-corrected chi connectivity index (χ0v) is 10.4. The van der Waals surface area contributed by atoms with Crippen molar-refractivity contribution < 1.29 is 4.79 Å². The van der Waals surface area contributed by atoms with Gasteiger partial charge in [0.1, 0.15) is 0 Å². The highest BCUT2D eigenvalue weighted by atomic mass is 32.2. The van der Waals surface area contributed by atoms with Crippen molar-refractivity contribution in [3.63, 3.8) is 0 Å². The third-order valence-electron chi connectivity index (χ3n) is 2.15. The Morgan fingerprint density at radius 3 is 2.94 bits per heavy atom. The van der Waals surface area contributed by atoms with Crippen LogP contribution < -0.4 is 11.3 Å². The fourth-order valence-corrected chi connectivity index (χ4v) is 1.97. The number of nitrogens with zero attached hydrogens (tertiary/aromatic N) is 5. The van der Waals surface area contributed by atoms with E-state index in [4.69, 9.17) is 5.84 Å². The van der Waals surface area contributed by atoms with Crippen LogP contribution >= 0.6 is 11.8 Å². The number of tetrazole rings is 1. The summed E-state index contributed by atoms with van der Waals surface area (Å²) in [6.45, 7) is 0. The highest BCUT2D eigenvalue weighted by Gasteiger charge is 2.06. The van der Waals surface area contributed by atoms with E-state index in [1.165, 1.54) is 18.0 Å². The number of thioether (sulfide) groups is 1.